The van der Waals surface area contributed by atoms with Gasteiger partial charge in [-0.15, -0.1) is 0 Å². The molecule has 4 heteroatoms. The van der Waals surface area contributed by atoms with Crippen LogP contribution in [0.4, 0.5) is 0 Å². The van der Waals surface area contributed by atoms with Gasteiger partial charge in [0.05, 0.1) is 6.54 Å². The summed E-state index contributed by atoms with van der Waals surface area (Å²) in [5, 5.41) is 2.40. The van der Waals surface area contributed by atoms with Crippen molar-refractivity contribution in [1.29, 1.82) is 0 Å². The Morgan fingerprint density at radius 3 is 2.20 bits per heavy atom. The maximum Gasteiger partial charge on any atom is 0.241 e. The molecule has 0 aliphatic carbocycles. The summed E-state index contributed by atoms with van der Waals surface area (Å²) < 4.78 is 0. The normalized spacial score (nSPS) is 8.70. The molecule has 0 unspecified atom stereocenters. The Morgan fingerprint density at radius 1 is 1.40 bits per heavy atom. The molecular weight excluding hydrogens is 132 g/mol. The molecule has 2 amide bonds. The Labute approximate surface area is 60.2 Å². The first-order valence-corrected chi connectivity index (χ1v) is 2.98. The molecule has 0 aromatic carbocycles. The molecule has 0 aliphatic rings. The fourth-order valence-electron chi connectivity index (χ4n) is 0.358. The van der Waals surface area contributed by atoms with Gasteiger partial charge >= 0.3 is 0 Å². The van der Waals surface area contributed by atoms with Crippen LogP contribution in [-0.4, -0.2) is 37.4 Å². The predicted octanol–water partition coefficient (Wildman–Crippen LogP) is -0.789. The molecule has 0 aliphatic heterocycles. The topological polar surface area (TPSA) is 49.4 Å². The summed E-state index contributed by atoms with van der Waals surface area (Å²) in [6.07, 6.45) is 0. The molecule has 0 heterocycles. The number of amides is 2. The van der Waals surface area contributed by atoms with E-state index in [4.69, 9.17) is 0 Å². The Hall–Kier alpha value is -1.06. The third kappa shape index (κ3) is 3.88. The number of nitrogens with one attached hydrogen (secondary N) is 1. The van der Waals surface area contributed by atoms with Crippen molar-refractivity contribution in [1.82, 2.24) is 10.2 Å². The SMILES string of the molecule is CC(=O)NCC(=O)N(C)C. The second kappa shape index (κ2) is 3.87. The molecule has 0 aromatic heterocycles. The van der Waals surface area contributed by atoms with Gasteiger partial charge in [0.1, 0.15) is 0 Å². The highest BCUT2D eigenvalue weighted by Crippen LogP contribution is 1.74. The Kier molecular flexibility index (Phi) is 3.46. The monoisotopic (exact) mass is 144 g/mol. The van der Waals surface area contributed by atoms with Crippen LogP contribution in [0.5, 0.6) is 0 Å². The van der Waals surface area contributed by atoms with Gasteiger partial charge in [-0.3, -0.25) is 9.59 Å². The van der Waals surface area contributed by atoms with Crippen LogP contribution in [-0.2, 0) is 9.59 Å². The fraction of sp³-hybridized carbons (Fsp3) is 0.667. The van der Waals surface area contributed by atoms with Gasteiger partial charge in [0, 0.05) is 21.0 Å². The van der Waals surface area contributed by atoms with Gasteiger partial charge in [0.25, 0.3) is 0 Å². The summed E-state index contributed by atoms with van der Waals surface area (Å²) in [6.45, 7) is 1.46. The molecule has 1 N–H and O–H groups in total. The molecule has 0 saturated carbocycles. The van der Waals surface area contributed by atoms with E-state index >= 15 is 0 Å². The zero-order valence-electron chi connectivity index (χ0n) is 6.47. The Morgan fingerprint density at radius 2 is 1.90 bits per heavy atom. The van der Waals surface area contributed by atoms with Gasteiger partial charge in [-0.2, -0.15) is 0 Å². The maximum absolute atomic E-state index is 10.8. The van der Waals surface area contributed by atoms with Crippen LogP contribution in [0.25, 0.3) is 0 Å². The first kappa shape index (κ1) is 8.94. The van der Waals surface area contributed by atoms with Crippen molar-refractivity contribution in [3.63, 3.8) is 0 Å². The van der Waals surface area contributed by atoms with Gasteiger partial charge < -0.3 is 10.2 Å². The largest absolute Gasteiger partial charge is 0.347 e. The number of hydrogen-bond donors (Lipinski definition) is 1. The summed E-state index contributed by atoms with van der Waals surface area (Å²) in [7, 11) is 3.29. The first-order valence-electron chi connectivity index (χ1n) is 2.98. The summed E-state index contributed by atoms with van der Waals surface area (Å²) in [5.41, 5.74) is 0. The van der Waals surface area contributed by atoms with E-state index < -0.39 is 0 Å². The average Bonchev–Trinajstić information content (AvgIpc) is 1.82. The summed E-state index contributed by atoms with van der Waals surface area (Å²) in [5.74, 6) is -0.287. The second-order valence-corrected chi connectivity index (χ2v) is 2.20. The minimum Gasteiger partial charge on any atom is -0.347 e. The maximum atomic E-state index is 10.8. The highest BCUT2D eigenvalue weighted by Gasteiger charge is 2.02. The van der Waals surface area contributed by atoms with E-state index in [1.165, 1.54) is 11.8 Å². The standard InChI is InChI=1S/C6H12N2O2/c1-5(9)7-4-6(10)8(2)3/h4H2,1-3H3,(H,7,9). The first-order chi connectivity index (χ1) is 4.54. The Balaban J connectivity index is 3.50. The quantitative estimate of drug-likeness (QED) is 0.552. The highest BCUT2D eigenvalue weighted by atomic mass is 16.2. The van der Waals surface area contributed by atoms with E-state index in [9.17, 15) is 9.59 Å². The number of carbonyl (C=O) groups excluding carboxylic acids is 2. The number of likely N-dealkylation sites (N-methyl/N-ethyl adjacent to an activating group) is 1. The van der Waals surface area contributed by atoms with Gasteiger partial charge in [0.15, 0.2) is 0 Å². The van der Waals surface area contributed by atoms with Crippen molar-refractivity contribution in [2.45, 2.75) is 6.92 Å². The molecule has 10 heavy (non-hydrogen) atoms. The molecule has 0 atom stereocenters. The van der Waals surface area contributed by atoms with Crippen molar-refractivity contribution >= 4 is 11.8 Å². The Bertz CT molecular complexity index is 143. The van der Waals surface area contributed by atoms with Crippen molar-refractivity contribution < 1.29 is 9.59 Å². The molecule has 0 fully saturated rings. The molecule has 0 spiro atoms. The lowest BCUT2D eigenvalue weighted by atomic mass is 10.5. The molecule has 0 aromatic rings. The van der Waals surface area contributed by atoms with E-state index in [1.807, 2.05) is 0 Å². The van der Waals surface area contributed by atoms with Crippen molar-refractivity contribution in [3.8, 4) is 0 Å². The summed E-state index contributed by atoms with van der Waals surface area (Å²) >= 11 is 0. The van der Waals surface area contributed by atoms with E-state index in [-0.39, 0.29) is 18.4 Å². The number of carbonyl (C=O) groups is 2. The lowest BCUT2D eigenvalue weighted by Crippen LogP contribution is -2.35. The molecule has 0 bridgehead atoms. The molecule has 58 valence electrons. The molecule has 0 saturated heterocycles. The van der Waals surface area contributed by atoms with Gasteiger partial charge in [-0.25, -0.2) is 0 Å². The number of nitrogens with zero attached hydrogens (tertiary/aromatic N) is 1. The second-order valence-electron chi connectivity index (χ2n) is 2.20. The van der Waals surface area contributed by atoms with Gasteiger partial charge in [-0.1, -0.05) is 0 Å². The van der Waals surface area contributed by atoms with Crippen LogP contribution in [0.2, 0.25) is 0 Å². The zero-order valence-corrected chi connectivity index (χ0v) is 6.47. The van der Waals surface area contributed by atoms with Crippen LogP contribution in [0, 0.1) is 0 Å². The van der Waals surface area contributed by atoms with E-state index in [0.29, 0.717) is 0 Å². The number of hydrogen-bond acceptors (Lipinski definition) is 2. The van der Waals surface area contributed by atoms with E-state index in [2.05, 4.69) is 5.32 Å². The third-order valence-corrected chi connectivity index (χ3v) is 0.987. The molecular formula is C6H12N2O2. The zero-order chi connectivity index (χ0) is 8.15. The lowest BCUT2D eigenvalue weighted by molar-refractivity contribution is -0.130. The highest BCUT2D eigenvalue weighted by molar-refractivity contribution is 5.83. The minimum atomic E-state index is -0.185. The minimum absolute atomic E-state index is 0.0856. The van der Waals surface area contributed by atoms with Crippen LogP contribution >= 0.6 is 0 Å². The van der Waals surface area contributed by atoms with Gasteiger partial charge in [0.2, 0.25) is 11.8 Å². The van der Waals surface area contributed by atoms with Crippen molar-refractivity contribution in [3.05, 3.63) is 0 Å². The average molecular weight is 144 g/mol. The predicted molar refractivity (Wildman–Crippen MR) is 37.4 cm³/mol. The van der Waals surface area contributed by atoms with Crippen molar-refractivity contribution in [2.24, 2.45) is 0 Å². The van der Waals surface area contributed by atoms with Gasteiger partial charge in [-0.05, 0) is 0 Å². The van der Waals surface area contributed by atoms with Crippen molar-refractivity contribution in [2.75, 3.05) is 20.6 Å². The van der Waals surface area contributed by atoms with Crippen LogP contribution in [0.1, 0.15) is 6.92 Å². The van der Waals surface area contributed by atoms with Crippen LogP contribution in [0.3, 0.4) is 0 Å². The van der Waals surface area contributed by atoms with Crippen LogP contribution < -0.4 is 5.32 Å². The van der Waals surface area contributed by atoms with E-state index in [0.717, 1.165) is 0 Å². The fourth-order valence-corrected chi connectivity index (χ4v) is 0.358. The molecule has 0 radical (unpaired) electrons. The molecule has 0 rings (SSSR count). The summed E-state index contributed by atoms with van der Waals surface area (Å²) in [6, 6.07) is 0. The van der Waals surface area contributed by atoms with Crippen LogP contribution in [0.15, 0.2) is 0 Å². The number of rotatable bonds is 2. The summed E-state index contributed by atoms with van der Waals surface area (Å²) in [4.78, 5) is 22.5. The van der Waals surface area contributed by atoms with E-state index in [1.54, 1.807) is 14.1 Å². The third-order valence-electron chi connectivity index (χ3n) is 0.987. The lowest BCUT2D eigenvalue weighted by Gasteiger charge is -2.09. The smallest absolute Gasteiger partial charge is 0.241 e. The molecule has 4 nitrogen and oxygen atoms in total.